The van der Waals surface area contributed by atoms with Gasteiger partial charge in [0, 0.05) is 36.5 Å². The lowest BCUT2D eigenvalue weighted by molar-refractivity contribution is 0.458. The number of rotatable bonds is 8. The maximum absolute atomic E-state index is 9.05. The molecule has 4 aromatic carbocycles. The van der Waals surface area contributed by atoms with Crippen molar-refractivity contribution in [2.75, 3.05) is 0 Å². The molecule has 0 radical (unpaired) electrons. The Morgan fingerprint density at radius 1 is 0.357 bits per heavy atom. The van der Waals surface area contributed by atoms with Gasteiger partial charge in [-0.3, -0.25) is 0 Å². The average Bonchev–Trinajstić information content (AvgIpc) is 3.49. The molecule has 0 atom stereocenters. The van der Waals surface area contributed by atoms with Gasteiger partial charge in [-0.1, -0.05) is 97.1 Å². The van der Waals surface area contributed by atoms with Crippen LogP contribution in [0.15, 0.2) is 97.1 Å². The summed E-state index contributed by atoms with van der Waals surface area (Å²) in [5.74, 6) is 0. The van der Waals surface area contributed by atoms with Gasteiger partial charge in [0.1, 0.15) is 0 Å². The zero-order valence-electron chi connectivity index (χ0n) is 23.7. The largest absolute Gasteiger partial charge is 0.198 e. The molecule has 0 spiro atoms. The molecule has 0 N–H and O–H groups in total. The van der Waals surface area contributed by atoms with Crippen molar-refractivity contribution in [1.29, 1.82) is 21.0 Å². The van der Waals surface area contributed by atoms with E-state index in [-0.39, 0.29) is 10.8 Å². The molecule has 0 fully saturated rings. The van der Waals surface area contributed by atoms with E-state index in [9.17, 15) is 0 Å². The summed E-state index contributed by atoms with van der Waals surface area (Å²) in [5, 5.41) is 36.2. The fraction of sp³-hybridized carbons (Fsp3) is 0.263. The van der Waals surface area contributed by atoms with E-state index in [4.69, 9.17) is 21.0 Å². The number of benzene rings is 4. The van der Waals surface area contributed by atoms with E-state index in [1.54, 1.807) is 0 Å². The molecule has 0 saturated carbocycles. The van der Waals surface area contributed by atoms with Crippen molar-refractivity contribution in [2.24, 2.45) is 0 Å². The second-order valence-electron chi connectivity index (χ2n) is 11.0. The quantitative estimate of drug-likeness (QED) is 0.221. The standard InChI is InChI=1S/2C19H16N2/c2*20-13-5-11-19(12-6-14-21)17-9-3-1-7-15(17)16-8-2-4-10-18(16)19/h2*1-4,7-10H,5-6,11-12H2. The van der Waals surface area contributed by atoms with Crippen molar-refractivity contribution < 1.29 is 0 Å². The van der Waals surface area contributed by atoms with Crippen LogP contribution < -0.4 is 0 Å². The highest BCUT2D eigenvalue weighted by molar-refractivity contribution is 5.82. The summed E-state index contributed by atoms with van der Waals surface area (Å²) in [6.45, 7) is 0. The van der Waals surface area contributed by atoms with Crippen molar-refractivity contribution in [3.63, 3.8) is 0 Å². The highest BCUT2D eigenvalue weighted by Gasteiger charge is 2.43. The Bertz CT molecular complexity index is 1490. The summed E-state index contributed by atoms with van der Waals surface area (Å²) in [7, 11) is 0. The monoisotopic (exact) mass is 544 g/mol. The Morgan fingerprint density at radius 2 is 0.571 bits per heavy atom. The van der Waals surface area contributed by atoms with E-state index >= 15 is 0 Å². The molecule has 4 aromatic rings. The molecule has 0 saturated heterocycles. The van der Waals surface area contributed by atoms with Gasteiger partial charge in [0.15, 0.2) is 0 Å². The van der Waals surface area contributed by atoms with Crippen molar-refractivity contribution >= 4 is 0 Å². The Hall–Kier alpha value is -5.16. The van der Waals surface area contributed by atoms with Crippen LogP contribution in [0.1, 0.15) is 73.6 Å². The van der Waals surface area contributed by atoms with Crippen LogP contribution in [0.5, 0.6) is 0 Å². The van der Waals surface area contributed by atoms with Gasteiger partial charge in [0.25, 0.3) is 0 Å². The number of nitriles is 4. The second kappa shape index (κ2) is 12.6. The van der Waals surface area contributed by atoms with Gasteiger partial charge < -0.3 is 0 Å². The van der Waals surface area contributed by atoms with Crippen molar-refractivity contribution in [3.05, 3.63) is 119 Å². The lowest BCUT2D eigenvalue weighted by Gasteiger charge is -2.30. The Kier molecular flexibility index (Phi) is 8.49. The van der Waals surface area contributed by atoms with Gasteiger partial charge in [-0.2, -0.15) is 21.0 Å². The van der Waals surface area contributed by atoms with E-state index in [1.807, 2.05) is 0 Å². The first-order chi connectivity index (χ1) is 20.7. The molecule has 0 bridgehead atoms. The van der Waals surface area contributed by atoms with Crippen molar-refractivity contribution in [1.82, 2.24) is 0 Å². The molecule has 0 amide bonds. The fourth-order valence-corrected chi connectivity index (χ4v) is 7.24. The lowest BCUT2D eigenvalue weighted by atomic mass is 9.71. The SMILES string of the molecule is N#CCCC1(CCC#N)c2ccccc2-c2ccccc21.N#CCCC1(CCC#N)c2ccccc2-c2ccccc21. The Morgan fingerprint density at radius 3 is 0.786 bits per heavy atom. The molecule has 0 unspecified atom stereocenters. The van der Waals surface area contributed by atoms with E-state index in [1.165, 1.54) is 44.5 Å². The second-order valence-corrected chi connectivity index (χ2v) is 11.0. The van der Waals surface area contributed by atoms with Crippen LogP contribution in [0.2, 0.25) is 0 Å². The summed E-state index contributed by atoms with van der Waals surface area (Å²) < 4.78 is 0. The highest BCUT2D eigenvalue weighted by atomic mass is 14.5. The minimum Gasteiger partial charge on any atom is -0.198 e. The molecule has 204 valence electrons. The Labute approximate surface area is 248 Å². The van der Waals surface area contributed by atoms with E-state index in [0.29, 0.717) is 25.7 Å². The van der Waals surface area contributed by atoms with Gasteiger partial charge in [0.05, 0.1) is 24.3 Å². The number of hydrogen-bond acceptors (Lipinski definition) is 4. The van der Waals surface area contributed by atoms with Crippen LogP contribution in [-0.4, -0.2) is 0 Å². The zero-order chi connectivity index (χ0) is 29.4. The van der Waals surface area contributed by atoms with Crippen LogP contribution in [0.4, 0.5) is 0 Å². The average molecular weight is 545 g/mol. The van der Waals surface area contributed by atoms with Crippen LogP contribution in [-0.2, 0) is 10.8 Å². The van der Waals surface area contributed by atoms with Crippen molar-refractivity contribution in [2.45, 2.75) is 62.2 Å². The molecule has 42 heavy (non-hydrogen) atoms. The first kappa shape index (κ1) is 28.4. The third-order valence-electron chi connectivity index (χ3n) is 9.01. The predicted molar refractivity (Wildman–Crippen MR) is 165 cm³/mol. The molecule has 4 heteroatoms. The first-order valence-electron chi connectivity index (χ1n) is 14.5. The maximum atomic E-state index is 9.05. The van der Waals surface area contributed by atoms with Gasteiger partial charge in [-0.15, -0.1) is 0 Å². The summed E-state index contributed by atoms with van der Waals surface area (Å²) in [6.07, 6.45) is 5.14. The maximum Gasteiger partial charge on any atom is 0.0622 e. The molecule has 0 aromatic heterocycles. The number of nitrogens with zero attached hydrogens (tertiary/aromatic N) is 4. The summed E-state index contributed by atoms with van der Waals surface area (Å²) >= 11 is 0. The van der Waals surface area contributed by atoms with Crippen molar-refractivity contribution in [3.8, 4) is 46.5 Å². The third-order valence-corrected chi connectivity index (χ3v) is 9.01. The van der Waals surface area contributed by atoms with Crippen LogP contribution in [0.3, 0.4) is 0 Å². The van der Waals surface area contributed by atoms with Gasteiger partial charge >= 0.3 is 0 Å². The van der Waals surface area contributed by atoms with Gasteiger partial charge in [0.2, 0.25) is 0 Å². The Balaban J connectivity index is 0.000000168. The molecular weight excluding hydrogens is 512 g/mol. The molecule has 4 nitrogen and oxygen atoms in total. The number of fused-ring (bicyclic) bond motifs is 6. The molecule has 6 rings (SSSR count). The molecule has 0 heterocycles. The van der Waals surface area contributed by atoms with Gasteiger partial charge in [-0.25, -0.2) is 0 Å². The first-order valence-corrected chi connectivity index (χ1v) is 14.5. The minimum absolute atomic E-state index is 0.182. The van der Waals surface area contributed by atoms with Crippen LogP contribution in [0.25, 0.3) is 22.3 Å². The third kappa shape index (κ3) is 4.83. The van der Waals surface area contributed by atoms with E-state index in [0.717, 1.165) is 25.7 Å². The fourth-order valence-electron chi connectivity index (χ4n) is 7.24. The summed E-state index contributed by atoms with van der Waals surface area (Å²) in [5.41, 5.74) is 9.75. The molecule has 0 aliphatic heterocycles. The zero-order valence-corrected chi connectivity index (χ0v) is 23.7. The van der Waals surface area contributed by atoms with Crippen LogP contribution >= 0.6 is 0 Å². The molecular formula is C38H32N4. The minimum atomic E-state index is -0.182. The molecule has 2 aliphatic rings. The number of hydrogen-bond donors (Lipinski definition) is 0. The smallest absolute Gasteiger partial charge is 0.0622 e. The van der Waals surface area contributed by atoms with E-state index < -0.39 is 0 Å². The predicted octanol–water partition coefficient (Wildman–Crippen LogP) is 9.12. The normalized spacial score (nSPS) is 13.8. The molecule has 2 aliphatic carbocycles. The van der Waals surface area contributed by atoms with Gasteiger partial charge in [-0.05, 0) is 70.2 Å². The summed E-state index contributed by atoms with van der Waals surface area (Å²) in [6, 6.07) is 42.8. The lowest BCUT2D eigenvalue weighted by Crippen LogP contribution is -2.25. The summed E-state index contributed by atoms with van der Waals surface area (Å²) in [4.78, 5) is 0. The van der Waals surface area contributed by atoms with Crippen LogP contribution in [0, 0.1) is 45.3 Å². The topological polar surface area (TPSA) is 95.2 Å². The highest BCUT2D eigenvalue weighted by Crippen LogP contribution is 2.54. The van der Waals surface area contributed by atoms with E-state index in [2.05, 4.69) is 121 Å².